The Morgan fingerprint density at radius 2 is 2.00 bits per heavy atom. The van der Waals surface area contributed by atoms with Crippen LogP contribution in [-0.4, -0.2) is 41.7 Å². The van der Waals surface area contributed by atoms with Gasteiger partial charge in [-0.3, -0.25) is 25.6 Å². The van der Waals surface area contributed by atoms with Crippen molar-refractivity contribution in [3.05, 3.63) is 70.7 Å². The zero-order valence-corrected chi connectivity index (χ0v) is 17.4. The summed E-state index contributed by atoms with van der Waals surface area (Å²) in [4.78, 5) is 21.3. The third-order valence-electron chi connectivity index (χ3n) is 4.16. The zero-order valence-electron chi connectivity index (χ0n) is 17.4. The molecule has 33 heavy (non-hydrogen) atoms. The van der Waals surface area contributed by atoms with Gasteiger partial charge in [0.25, 0.3) is 5.91 Å². The number of allylic oxidation sites excluding steroid dienone is 1. The van der Waals surface area contributed by atoms with E-state index in [1.165, 1.54) is 43.0 Å². The van der Waals surface area contributed by atoms with E-state index in [2.05, 4.69) is 27.1 Å². The fraction of sp³-hybridized carbons (Fsp3) is 0.136. The molecule has 5 N–H and O–H groups in total. The molecule has 0 saturated heterocycles. The van der Waals surface area contributed by atoms with Gasteiger partial charge in [0.05, 0.1) is 35.9 Å². The molecule has 0 unspecified atom stereocenters. The molecule has 0 radical (unpaired) electrons. The summed E-state index contributed by atoms with van der Waals surface area (Å²) in [7, 11) is 1.56. The van der Waals surface area contributed by atoms with E-state index >= 15 is 0 Å². The normalized spacial score (nSPS) is 11.5. The number of hydrogen-bond acceptors (Lipinski definition) is 6. The van der Waals surface area contributed by atoms with Crippen LogP contribution in [0.1, 0.15) is 27.0 Å². The third kappa shape index (κ3) is 7.03. The van der Waals surface area contributed by atoms with Crippen molar-refractivity contribution < 1.29 is 18.0 Å². The van der Waals surface area contributed by atoms with E-state index < -0.39 is 17.6 Å². The monoisotopic (exact) mass is 455 g/mol. The largest absolute Gasteiger partial charge is 0.416 e. The standard InChI is InChI=1S/C22H20F3N7O/c1-29-9-16(8-26)3-2-15-6-18(11-30-10-15)21(33)31-19-5-4-17(12-32(13-27)14-28)20(7-19)22(23,24)25/h4-11,13-14,27-28H,12,26H2,1H3,(H,31,33). The van der Waals surface area contributed by atoms with Gasteiger partial charge in [-0.2, -0.15) is 13.2 Å². The van der Waals surface area contributed by atoms with Gasteiger partial charge in [0.1, 0.15) is 0 Å². The molecule has 11 heteroatoms. The first kappa shape index (κ1) is 24.8. The van der Waals surface area contributed by atoms with E-state index in [4.69, 9.17) is 16.6 Å². The highest BCUT2D eigenvalue weighted by atomic mass is 19.4. The minimum Gasteiger partial charge on any atom is -0.404 e. The maximum Gasteiger partial charge on any atom is 0.416 e. The number of carbonyl (C=O) groups excluding carboxylic acids is 1. The van der Waals surface area contributed by atoms with Crippen LogP contribution in [0.2, 0.25) is 0 Å². The van der Waals surface area contributed by atoms with Gasteiger partial charge in [0.2, 0.25) is 0 Å². The fourth-order valence-electron chi connectivity index (χ4n) is 2.62. The van der Waals surface area contributed by atoms with E-state index in [-0.39, 0.29) is 23.4 Å². The number of hydrogen-bond donors (Lipinski definition) is 4. The fourth-order valence-corrected chi connectivity index (χ4v) is 2.62. The maximum absolute atomic E-state index is 13.5. The van der Waals surface area contributed by atoms with Crippen LogP contribution in [0.5, 0.6) is 0 Å². The molecule has 0 fully saturated rings. The van der Waals surface area contributed by atoms with Crippen LogP contribution in [0, 0.1) is 22.7 Å². The van der Waals surface area contributed by atoms with E-state index in [0.717, 1.165) is 23.6 Å². The molecule has 0 saturated carbocycles. The predicted molar refractivity (Wildman–Crippen MR) is 120 cm³/mol. The summed E-state index contributed by atoms with van der Waals surface area (Å²) in [6, 6.07) is 4.75. The summed E-state index contributed by atoms with van der Waals surface area (Å²) >= 11 is 0. The van der Waals surface area contributed by atoms with Crippen molar-refractivity contribution in [1.29, 1.82) is 10.8 Å². The number of nitrogens with one attached hydrogen (secondary N) is 3. The van der Waals surface area contributed by atoms with Gasteiger partial charge >= 0.3 is 6.18 Å². The molecule has 0 aliphatic heterocycles. The first-order chi connectivity index (χ1) is 15.7. The molecule has 0 aliphatic carbocycles. The number of nitrogens with two attached hydrogens (primary N) is 1. The number of alkyl halides is 3. The van der Waals surface area contributed by atoms with Gasteiger partial charge in [0, 0.05) is 43.1 Å². The Kier molecular flexibility index (Phi) is 8.45. The summed E-state index contributed by atoms with van der Waals surface area (Å²) < 4.78 is 40.6. The van der Waals surface area contributed by atoms with Crippen LogP contribution < -0.4 is 11.1 Å². The van der Waals surface area contributed by atoms with Crippen LogP contribution in [0.15, 0.2) is 53.4 Å². The highest BCUT2D eigenvalue weighted by Crippen LogP contribution is 2.34. The number of halogens is 3. The summed E-state index contributed by atoms with van der Waals surface area (Å²) in [6.07, 6.45) is 2.21. The van der Waals surface area contributed by atoms with Crippen LogP contribution in [-0.2, 0) is 12.7 Å². The van der Waals surface area contributed by atoms with E-state index in [0.29, 0.717) is 11.1 Å². The average molecular weight is 455 g/mol. The van der Waals surface area contributed by atoms with Crippen molar-refractivity contribution >= 4 is 30.5 Å². The van der Waals surface area contributed by atoms with Crippen molar-refractivity contribution in [2.45, 2.75) is 12.7 Å². The summed E-state index contributed by atoms with van der Waals surface area (Å²) in [5, 5.41) is 16.7. The minimum absolute atomic E-state index is 0.0728. The second-order valence-corrected chi connectivity index (χ2v) is 6.48. The molecule has 170 valence electrons. The Bertz CT molecular complexity index is 1150. The number of aromatic nitrogens is 1. The van der Waals surface area contributed by atoms with Gasteiger partial charge in [-0.25, -0.2) is 0 Å². The molecule has 0 spiro atoms. The molecular formula is C22H20F3N7O. The number of benzene rings is 1. The highest BCUT2D eigenvalue weighted by molar-refractivity contribution is 6.04. The molecule has 0 aliphatic rings. The molecule has 0 bridgehead atoms. The van der Waals surface area contributed by atoms with Crippen molar-refractivity contribution in [3.8, 4) is 11.8 Å². The Balaban J connectivity index is 2.29. The number of carbonyl (C=O) groups is 1. The topological polar surface area (TPSA) is 131 Å². The molecular weight excluding hydrogens is 435 g/mol. The smallest absolute Gasteiger partial charge is 0.404 e. The number of aliphatic imine (C=N–C) groups is 1. The minimum atomic E-state index is -4.70. The summed E-state index contributed by atoms with van der Waals surface area (Å²) in [5.41, 5.74) is 5.19. The van der Waals surface area contributed by atoms with Crippen LogP contribution in [0.25, 0.3) is 0 Å². The third-order valence-corrected chi connectivity index (χ3v) is 4.16. The molecule has 1 amide bonds. The first-order valence-electron chi connectivity index (χ1n) is 9.31. The number of pyridine rings is 1. The number of nitrogens with zero attached hydrogens (tertiary/aromatic N) is 3. The van der Waals surface area contributed by atoms with Crippen molar-refractivity contribution in [3.63, 3.8) is 0 Å². The predicted octanol–water partition coefficient (Wildman–Crippen LogP) is 3.26. The lowest BCUT2D eigenvalue weighted by atomic mass is 10.1. The Morgan fingerprint density at radius 1 is 1.27 bits per heavy atom. The van der Waals surface area contributed by atoms with Gasteiger partial charge < -0.3 is 16.0 Å². The molecule has 1 aromatic heterocycles. The van der Waals surface area contributed by atoms with Crippen molar-refractivity contribution in [2.24, 2.45) is 10.7 Å². The van der Waals surface area contributed by atoms with Gasteiger partial charge in [-0.15, -0.1) is 0 Å². The molecule has 1 aromatic carbocycles. The number of anilines is 1. The van der Waals surface area contributed by atoms with Crippen LogP contribution >= 0.6 is 0 Å². The van der Waals surface area contributed by atoms with Gasteiger partial charge in [0.15, 0.2) is 0 Å². The SMILES string of the molecule is CN=CC(C#Cc1cncc(C(=O)Nc2ccc(CN(C=N)C=N)c(C(F)(F)F)c2)c1)=CN. The van der Waals surface area contributed by atoms with Crippen LogP contribution in [0.3, 0.4) is 0 Å². The quantitative estimate of drug-likeness (QED) is 0.290. The van der Waals surface area contributed by atoms with Crippen molar-refractivity contribution in [2.75, 3.05) is 12.4 Å². The molecule has 2 aromatic rings. The lowest BCUT2D eigenvalue weighted by molar-refractivity contribution is -0.138. The lowest BCUT2D eigenvalue weighted by Crippen LogP contribution is -2.21. The lowest BCUT2D eigenvalue weighted by Gasteiger charge is -2.18. The van der Waals surface area contributed by atoms with Crippen molar-refractivity contribution in [1.82, 2.24) is 9.88 Å². The second kappa shape index (κ2) is 11.2. The number of rotatable bonds is 7. The Morgan fingerprint density at radius 3 is 2.61 bits per heavy atom. The molecule has 0 atom stereocenters. The Labute approximate surface area is 188 Å². The maximum atomic E-state index is 13.5. The van der Waals surface area contributed by atoms with Crippen LogP contribution in [0.4, 0.5) is 18.9 Å². The molecule has 8 nitrogen and oxygen atoms in total. The zero-order chi connectivity index (χ0) is 24.4. The molecule has 2 rings (SSSR count). The first-order valence-corrected chi connectivity index (χ1v) is 9.31. The summed E-state index contributed by atoms with van der Waals surface area (Å²) in [6.45, 7) is -0.317. The second-order valence-electron chi connectivity index (χ2n) is 6.48. The number of amides is 1. The average Bonchev–Trinajstić information content (AvgIpc) is 2.80. The Hall–Kier alpha value is -4.46. The van der Waals surface area contributed by atoms with E-state index in [1.54, 1.807) is 7.05 Å². The van der Waals surface area contributed by atoms with Gasteiger partial charge in [-0.05, 0) is 23.8 Å². The van der Waals surface area contributed by atoms with E-state index in [9.17, 15) is 18.0 Å². The van der Waals surface area contributed by atoms with Gasteiger partial charge in [-0.1, -0.05) is 17.9 Å². The summed E-state index contributed by atoms with van der Waals surface area (Å²) in [5.74, 6) is 4.88. The highest BCUT2D eigenvalue weighted by Gasteiger charge is 2.34. The van der Waals surface area contributed by atoms with E-state index in [1.807, 2.05) is 0 Å². The molecule has 1 heterocycles.